The summed E-state index contributed by atoms with van der Waals surface area (Å²) in [6.07, 6.45) is 5.80. The van der Waals surface area contributed by atoms with E-state index in [-0.39, 0.29) is 0 Å². The predicted octanol–water partition coefficient (Wildman–Crippen LogP) is 2.02. The van der Waals surface area contributed by atoms with E-state index in [1.165, 1.54) is 19.1 Å². The lowest BCUT2D eigenvalue weighted by Gasteiger charge is -2.26. The van der Waals surface area contributed by atoms with E-state index in [0.717, 1.165) is 25.1 Å². The molecule has 0 radical (unpaired) electrons. The first-order chi connectivity index (χ1) is 8.95. The molecule has 1 aliphatic rings. The highest BCUT2D eigenvalue weighted by atomic mass is 32.2. The summed E-state index contributed by atoms with van der Waals surface area (Å²) in [5.41, 5.74) is 6.86. The molecule has 19 heavy (non-hydrogen) atoms. The Morgan fingerprint density at radius 3 is 2.26 bits per heavy atom. The number of rotatable bonds is 4. The maximum atomic E-state index is 11.3. The molecule has 1 saturated carbocycles. The zero-order chi connectivity index (χ0) is 13.9. The highest BCUT2D eigenvalue weighted by molar-refractivity contribution is 7.90. The Morgan fingerprint density at radius 2 is 1.74 bits per heavy atom. The first-order valence-corrected chi connectivity index (χ1v) is 8.64. The Balaban J connectivity index is 1.87. The second-order valence-electron chi connectivity index (χ2n) is 5.46. The summed E-state index contributed by atoms with van der Waals surface area (Å²) in [6.45, 7) is 0.935. The first kappa shape index (κ1) is 14.3. The van der Waals surface area contributed by atoms with Gasteiger partial charge in [-0.15, -0.1) is 0 Å². The van der Waals surface area contributed by atoms with Crippen molar-refractivity contribution in [3.8, 4) is 0 Å². The number of anilines is 1. The van der Waals surface area contributed by atoms with Gasteiger partial charge in [0.1, 0.15) is 0 Å². The maximum absolute atomic E-state index is 11.3. The van der Waals surface area contributed by atoms with Crippen molar-refractivity contribution in [1.82, 2.24) is 0 Å². The molecule has 2 rings (SSSR count). The van der Waals surface area contributed by atoms with E-state index >= 15 is 0 Å². The summed E-state index contributed by atoms with van der Waals surface area (Å²) < 4.78 is 22.7. The Kier molecular flexibility index (Phi) is 4.47. The van der Waals surface area contributed by atoms with Gasteiger partial charge in [0.25, 0.3) is 0 Å². The predicted molar refractivity (Wildman–Crippen MR) is 78.0 cm³/mol. The van der Waals surface area contributed by atoms with Crippen LogP contribution in [0.5, 0.6) is 0 Å². The van der Waals surface area contributed by atoms with Crippen LogP contribution >= 0.6 is 0 Å². The van der Waals surface area contributed by atoms with Crippen molar-refractivity contribution >= 4 is 15.5 Å². The Bertz CT molecular complexity index is 503. The van der Waals surface area contributed by atoms with E-state index in [9.17, 15) is 8.42 Å². The van der Waals surface area contributed by atoms with Gasteiger partial charge < -0.3 is 11.1 Å². The lowest BCUT2D eigenvalue weighted by Crippen LogP contribution is -2.29. The van der Waals surface area contributed by atoms with Gasteiger partial charge in [0.15, 0.2) is 9.84 Å². The molecule has 0 saturated heterocycles. The molecule has 0 amide bonds. The van der Waals surface area contributed by atoms with E-state index in [2.05, 4.69) is 5.32 Å². The minimum atomic E-state index is -3.10. The summed E-state index contributed by atoms with van der Waals surface area (Å²) in [7, 11) is -3.10. The van der Waals surface area contributed by atoms with Gasteiger partial charge >= 0.3 is 0 Å². The van der Waals surface area contributed by atoms with Crippen LogP contribution in [0.4, 0.5) is 5.69 Å². The van der Waals surface area contributed by atoms with Gasteiger partial charge in [0.05, 0.1) is 4.90 Å². The zero-order valence-electron chi connectivity index (χ0n) is 11.3. The lowest BCUT2D eigenvalue weighted by atomic mass is 9.86. The van der Waals surface area contributed by atoms with E-state index in [0.29, 0.717) is 16.9 Å². The molecule has 3 N–H and O–H groups in total. The molecule has 1 aliphatic carbocycles. The van der Waals surface area contributed by atoms with Crippen molar-refractivity contribution in [2.24, 2.45) is 11.7 Å². The standard InChI is InChI=1S/C14H22N2O2S/c1-19(17,18)14-8-6-13(7-9-14)16-10-11-2-4-12(15)5-3-11/h6-9,11-12,16H,2-5,10,15H2,1H3. The molecule has 0 unspecified atom stereocenters. The van der Waals surface area contributed by atoms with E-state index in [4.69, 9.17) is 5.73 Å². The normalized spacial score (nSPS) is 24.1. The largest absolute Gasteiger partial charge is 0.385 e. The molecular weight excluding hydrogens is 260 g/mol. The fourth-order valence-corrected chi connectivity index (χ4v) is 3.10. The molecule has 4 nitrogen and oxygen atoms in total. The molecule has 0 bridgehead atoms. The topological polar surface area (TPSA) is 72.2 Å². The van der Waals surface area contributed by atoms with Crippen LogP contribution < -0.4 is 11.1 Å². The van der Waals surface area contributed by atoms with E-state index in [1.54, 1.807) is 12.1 Å². The molecule has 0 atom stereocenters. The monoisotopic (exact) mass is 282 g/mol. The molecule has 0 heterocycles. The fraction of sp³-hybridized carbons (Fsp3) is 0.571. The SMILES string of the molecule is CS(=O)(=O)c1ccc(NCC2CCC(N)CC2)cc1. The van der Waals surface area contributed by atoms with Gasteiger partial charge in [-0.3, -0.25) is 0 Å². The van der Waals surface area contributed by atoms with Crippen LogP contribution in [0.25, 0.3) is 0 Å². The van der Waals surface area contributed by atoms with Crippen molar-refractivity contribution in [2.45, 2.75) is 36.6 Å². The summed E-state index contributed by atoms with van der Waals surface area (Å²) >= 11 is 0. The average molecular weight is 282 g/mol. The third kappa shape index (κ3) is 4.21. The molecule has 0 aliphatic heterocycles. The quantitative estimate of drug-likeness (QED) is 0.886. The fourth-order valence-electron chi connectivity index (χ4n) is 2.47. The number of nitrogens with one attached hydrogen (secondary N) is 1. The average Bonchev–Trinajstić information content (AvgIpc) is 2.37. The van der Waals surface area contributed by atoms with Gasteiger partial charge in [0, 0.05) is 24.5 Å². The second-order valence-corrected chi connectivity index (χ2v) is 7.47. The van der Waals surface area contributed by atoms with Gasteiger partial charge in [-0.05, 0) is 55.9 Å². The molecule has 0 aromatic heterocycles. The van der Waals surface area contributed by atoms with Crippen molar-refractivity contribution in [3.05, 3.63) is 24.3 Å². The number of hydrogen-bond donors (Lipinski definition) is 2. The van der Waals surface area contributed by atoms with Crippen molar-refractivity contribution in [3.63, 3.8) is 0 Å². The number of benzene rings is 1. The minimum absolute atomic E-state index is 0.363. The third-order valence-corrected chi connectivity index (χ3v) is 4.90. The lowest BCUT2D eigenvalue weighted by molar-refractivity contribution is 0.339. The zero-order valence-corrected chi connectivity index (χ0v) is 12.1. The highest BCUT2D eigenvalue weighted by Crippen LogP contribution is 2.23. The molecular formula is C14H22N2O2S. The van der Waals surface area contributed by atoms with Crippen LogP contribution in [0.3, 0.4) is 0 Å². The van der Waals surface area contributed by atoms with Gasteiger partial charge in [-0.2, -0.15) is 0 Å². The molecule has 1 aromatic rings. The Morgan fingerprint density at radius 1 is 1.16 bits per heavy atom. The number of sulfone groups is 1. The van der Waals surface area contributed by atoms with Crippen LogP contribution in [-0.2, 0) is 9.84 Å². The Hall–Kier alpha value is -1.07. The van der Waals surface area contributed by atoms with E-state index < -0.39 is 9.84 Å². The summed E-state index contributed by atoms with van der Waals surface area (Å²) in [5.74, 6) is 0.675. The second kappa shape index (κ2) is 5.92. The highest BCUT2D eigenvalue weighted by Gasteiger charge is 2.18. The molecule has 1 aromatic carbocycles. The van der Waals surface area contributed by atoms with Crippen molar-refractivity contribution in [1.29, 1.82) is 0 Å². The van der Waals surface area contributed by atoms with Crippen molar-refractivity contribution < 1.29 is 8.42 Å². The number of hydrogen-bond acceptors (Lipinski definition) is 4. The van der Waals surface area contributed by atoms with Crippen LogP contribution in [0.15, 0.2) is 29.2 Å². The molecule has 106 valence electrons. The maximum Gasteiger partial charge on any atom is 0.175 e. The number of nitrogens with two attached hydrogens (primary N) is 1. The third-order valence-electron chi connectivity index (χ3n) is 3.77. The van der Waals surface area contributed by atoms with Gasteiger partial charge in [-0.25, -0.2) is 8.42 Å². The summed E-state index contributed by atoms with van der Waals surface area (Å²) in [4.78, 5) is 0.363. The Labute approximate surface area is 115 Å². The van der Waals surface area contributed by atoms with Gasteiger partial charge in [0.2, 0.25) is 0 Å². The first-order valence-electron chi connectivity index (χ1n) is 6.75. The minimum Gasteiger partial charge on any atom is -0.385 e. The van der Waals surface area contributed by atoms with Crippen LogP contribution in [0.2, 0.25) is 0 Å². The molecule has 0 spiro atoms. The van der Waals surface area contributed by atoms with Crippen LogP contribution in [0, 0.1) is 5.92 Å². The van der Waals surface area contributed by atoms with E-state index in [1.807, 2.05) is 12.1 Å². The summed E-state index contributed by atoms with van der Waals surface area (Å²) in [6, 6.07) is 7.32. The van der Waals surface area contributed by atoms with Crippen LogP contribution in [-0.4, -0.2) is 27.3 Å². The van der Waals surface area contributed by atoms with Crippen molar-refractivity contribution in [2.75, 3.05) is 18.1 Å². The summed E-state index contributed by atoms with van der Waals surface area (Å²) in [5, 5.41) is 3.37. The van der Waals surface area contributed by atoms with Gasteiger partial charge in [-0.1, -0.05) is 0 Å². The molecule has 5 heteroatoms. The smallest absolute Gasteiger partial charge is 0.175 e. The molecule has 1 fully saturated rings. The van der Waals surface area contributed by atoms with Crippen LogP contribution in [0.1, 0.15) is 25.7 Å².